The number of pyridine rings is 1. The Morgan fingerprint density at radius 1 is 1.12 bits per heavy atom. The molecule has 2 saturated heterocycles. The number of carbonyl (C=O) groups excluding carboxylic acids is 1. The van der Waals surface area contributed by atoms with Gasteiger partial charge in [-0.05, 0) is 25.0 Å². The van der Waals surface area contributed by atoms with Gasteiger partial charge in [-0.3, -0.25) is 0 Å². The number of hydrogen-bond acceptors (Lipinski definition) is 5. The van der Waals surface area contributed by atoms with Crippen LogP contribution in [0.15, 0.2) is 18.3 Å². The quantitative estimate of drug-likeness (QED) is 0.868. The third-order valence-corrected chi connectivity index (χ3v) is 5.73. The van der Waals surface area contributed by atoms with Crippen LogP contribution in [-0.2, 0) is 10.0 Å². The molecule has 132 valence electrons. The standard InChI is InChI=1S/C15H23N5O3S/c1-24(22,23)20-11-9-19(10-12-20)15(21)17-13-5-4-6-16-14(13)18-7-2-3-8-18/h4-6H,2-3,7-12H2,1H3,(H,17,21). The lowest BCUT2D eigenvalue weighted by Gasteiger charge is -2.33. The van der Waals surface area contributed by atoms with Crippen LogP contribution in [0.4, 0.5) is 16.3 Å². The average molecular weight is 353 g/mol. The van der Waals surface area contributed by atoms with Crippen molar-refractivity contribution in [2.75, 3.05) is 55.7 Å². The van der Waals surface area contributed by atoms with Gasteiger partial charge in [-0.25, -0.2) is 18.2 Å². The van der Waals surface area contributed by atoms with E-state index in [0.29, 0.717) is 31.9 Å². The molecule has 1 aromatic rings. The van der Waals surface area contributed by atoms with Gasteiger partial charge < -0.3 is 15.1 Å². The highest BCUT2D eigenvalue weighted by atomic mass is 32.2. The van der Waals surface area contributed by atoms with E-state index in [1.54, 1.807) is 17.2 Å². The van der Waals surface area contributed by atoms with Crippen molar-refractivity contribution in [1.29, 1.82) is 0 Å². The van der Waals surface area contributed by atoms with Crippen LogP contribution in [-0.4, -0.2) is 74.2 Å². The number of hydrogen-bond donors (Lipinski definition) is 1. The lowest BCUT2D eigenvalue weighted by atomic mass is 10.3. The van der Waals surface area contributed by atoms with Crippen LogP contribution in [0.2, 0.25) is 0 Å². The molecular weight excluding hydrogens is 330 g/mol. The molecule has 3 rings (SSSR count). The number of nitrogens with one attached hydrogen (secondary N) is 1. The first kappa shape index (κ1) is 17.0. The maximum absolute atomic E-state index is 12.5. The minimum atomic E-state index is -3.19. The second-order valence-electron chi connectivity index (χ2n) is 6.15. The van der Waals surface area contributed by atoms with Gasteiger partial charge in [-0.1, -0.05) is 0 Å². The van der Waals surface area contributed by atoms with Gasteiger partial charge in [0.1, 0.15) is 0 Å². The second kappa shape index (κ2) is 6.94. The van der Waals surface area contributed by atoms with Crippen molar-refractivity contribution in [3.8, 4) is 0 Å². The number of carbonyl (C=O) groups is 1. The maximum atomic E-state index is 12.5. The van der Waals surface area contributed by atoms with E-state index in [0.717, 1.165) is 31.7 Å². The molecule has 2 aliphatic rings. The third kappa shape index (κ3) is 3.78. The predicted molar refractivity (Wildman–Crippen MR) is 92.7 cm³/mol. The molecule has 2 aliphatic heterocycles. The lowest BCUT2D eigenvalue weighted by Crippen LogP contribution is -2.51. The van der Waals surface area contributed by atoms with E-state index in [9.17, 15) is 13.2 Å². The summed E-state index contributed by atoms with van der Waals surface area (Å²) in [6.45, 7) is 3.34. The molecule has 0 bridgehead atoms. The summed E-state index contributed by atoms with van der Waals surface area (Å²) in [6.07, 6.45) is 5.20. The van der Waals surface area contributed by atoms with Crippen molar-refractivity contribution in [1.82, 2.24) is 14.2 Å². The Morgan fingerprint density at radius 2 is 1.79 bits per heavy atom. The first-order valence-corrected chi connectivity index (χ1v) is 10.0. The van der Waals surface area contributed by atoms with Gasteiger partial charge in [-0.2, -0.15) is 4.31 Å². The minimum absolute atomic E-state index is 0.211. The minimum Gasteiger partial charge on any atom is -0.355 e. The Bertz CT molecular complexity index is 695. The highest BCUT2D eigenvalue weighted by molar-refractivity contribution is 7.88. The van der Waals surface area contributed by atoms with Crippen LogP contribution >= 0.6 is 0 Å². The number of anilines is 2. The Kier molecular flexibility index (Phi) is 4.91. The zero-order chi connectivity index (χ0) is 17.2. The Balaban J connectivity index is 1.64. The monoisotopic (exact) mass is 353 g/mol. The summed E-state index contributed by atoms with van der Waals surface area (Å²) < 4.78 is 24.5. The molecule has 1 N–H and O–H groups in total. The van der Waals surface area contributed by atoms with Crippen LogP contribution in [0, 0.1) is 0 Å². The molecule has 0 saturated carbocycles. The molecule has 0 spiro atoms. The largest absolute Gasteiger partial charge is 0.355 e. The van der Waals surface area contributed by atoms with Crippen LogP contribution in [0.25, 0.3) is 0 Å². The van der Waals surface area contributed by atoms with E-state index >= 15 is 0 Å². The van der Waals surface area contributed by atoms with E-state index in [1.165, 1.54) is 10.6 Å². The fourth-order valence-electron chi connectivity index (χ4n) is 3.09. The molecule has 2 amide bonds. The lowest BCUT2D eigenvalue weighted by molar-refractivity contribution is 0.184. The van der Waals surface area contributed by atoms with Crippen molar-refractivity contribution in [3.63, 3.8) is 0 Å². The zero-order valence-corrected chi connectivity index (χ0v) is 14.6. The molecule has 24 heavy (non-hydrogen) atoms. The number of nitrogens with zero attached hydrogens (tertiary/aromatic N) is 4. The molecule has 0 aliphatic carbocycles. The van der Waals surface area contributed by atoms with Crippen molar-refractivity contribution >= 4 is 27.6 Å². The van der Waals surface area contributed by atoms with Crippen LogP contribution < -0.4 is 10.2 Å². The number of amides is 2. The average Bonchev–Trinajstić information content (AvgIpc) is 3.09. The van der Waals surface area contributed by atoms with Gasteiger partial charge in [0.2, 0.25) is 10.0 Å². The van der Waals surface area contributed by atoms with Gasteiger partial charge in [0.15, 0.2) is 5.82 Å². The molecule has 9 heteroatoms. The molecular formula is C15H23N5O3S. The van der Waals surface area contributed by atoms with Gasteiger partial charge >= 0.3 is 6.03 Å². The maximum Gasteiger partial charge on any atom is 0.322 e. The topological polar surface area (TPSA) is 85.8 Å². The molecule has 0 aromatic carbocycles. The molecule has 0 radical (unpaired) electrons. The summed E-state index contributed by atoms with van der Waals surface area (Å²) in [5.41, 5.74) is 0.704. The smallest absolute Gasteiger partial charge is 0.322 e. The summed E-state index contributed by atoms with van der Waals surface area (Å²) in [6, 6.07) is 3.44. The van der Waals surface area contributed by atoms with Crippen LogP contribution in [0.3, 0.4) is 0 Å². The van der Waals surface area contributed by atoms with Crippen molar-refractivity contribution < 1.29 is 13.2 Å². The van der Waals surface area contributed by atoms with Crippen LogP contribution in [0.5, 0.6) is 0 Å². The number of sulfonamides is 1. The van der Waals surface area contributed by atoms with E-state index < -0.39 is 10.0 Å². The molecule has 2 fully saturated rings. The normalized spacial score (nSPS) is 19.5. The highest BCUT2D eigenvalue weighted by Crippen LogP contribution is 2.26. The fraction of sp³-hybridized carbons (Fsp3) is 0.600. The molecule has 1 aromatic heterocycles. The van der Waals surface area contributed by atoms with Gasteiger partial charge in [0.25, 0.3) is 0 Å². The predicted octanol–water partition coefficient (Wildman–Crippen LogP) is 0.791. The summed E-state index contributed by atoms with van der Waals surface area (Å²) in [4.78, 5) is 20.7. The third-order valence-electron chi connectivity index (χ3n) is 4.43. The van der Waals surface area contributed by atoms with Gasteiger partial charge in [0, 0.05) is 45.5 Å². The number of aromatic nitrogens is 1. The van der Waals surface area contributed by atoms with E-state index in [-0.39, 0.29) is 6.03 Å². The van der Waals surface area contributed by atoms with Crippen molar-refractivity contribution in [2.45, 2.75) is 12.8 Å². The highest BCUT2D eigenvalue weighted by Gasteiger charge is 2.27. The Labute approximate surface area is 142 Å². The molecule has 0 atom stereocenters. The molecule has 0 unspecified atom stereocenters. The fourth-order valence-corrected chi connectivity index (χ4v) is 3.92. The second-order valence-corrected chi connectivity index (χ2v) is 8.13. The summed E-state index contributed by atoms with van der Waals surface area (Å²) in [7, 11) is -3.19. The van der Waals surface area contributed by atoms with Crippen molar-refractivity contribution in [3.05, 3.63) is 18.3 Å². The van der Waals surface area contributed by atoms with Crippen molar-refractivity contribution in [2.24, 2.45) is 0 Å². The van der Waals surface area contributed by atoms with Crippen LogP contribution in [0.1, 0.15) is 12.8 Å². The summed E-state index contributed by atoms with van der Waals surface area (Å²) >= 11 is 0. The SMILES string of the molecule is CS(=O)(=O)N1CCN(C(=O)Nc2cccnc2N2CCCC2)CC1. The Morgan fingerprint density at radius 3 is 2.42 bits per heavy atom. The van der Waals surface area contributed by atoms with Gasteiger partial charge in [0.05, 0.1) is 11.9 Å². The number of piperazine rings is 1. The molecule has 3 heterocycles. The van der Waals surface area contributed by atoms with Gasteiger partial charge in [-0.15, -0.1) is 0 Å². The number of rotatable bonds is 3. The Hall–Kier alpha value is -1.87. The summed E-state index contributed by atoms with van der Waals surface area (Å²) in [5, 5.41) is 2.93. The number of urea groups is 1. The zero-order valence-electron chi connectivity index (χ0n) is 13.8. The first-order valence-electron chi connectivity index (χ1n) is 8.16. The van der Waals surface area contributed by atoms with E-state index in [4.69, 9.17) is 0 Å². The summed E-state index contributed by atoms with van der Waals surface area (Å²) in [5.74, 6) is 0.804. The van der Waals surface area contributed by atoms with E-state index in [2.05, 4.69) is 15.2 Å². The van der Waals surface area contributed by atoms with E-state index in [1.807, 2.05) is 6.07 Å². The first-order chi connectivity index (χ1) is 11.4. The molecule has 8 nitrogen and oxygen atoms in total.